The van der Waals surface area contributed by atoms with Gasteiger partial charge in [0.25, 0.3) is 15.9 Å². The van der Waals surface area contributed by atoms with Crippen LogP contribution in [0.25, 0.3) is 0 Å². The SMILES string of the molecule is COc1cc(C)ccc1OCC(=O)Nc1ccc(NS(=O)(=O)c2ccc(C)cc2)cc1. The molecule has 0 saturated heterocycles. The summed E-state index contributed by atoms with van der Waals surface area (Å²) in [5.74, 6) is 0.678. The fourth-order valence-corrected chi connectivity index (χ4v) is 3.85. The van der Waals surface area contributed by atoms with E-state index in [0.29, 0.717) is 22.9 Å². The van der Waals surface area contributed by atoms with Crippen LogP contribution in [0.5, 0.6) is 11.5 Å². The van der Waals surface area contributed by atoms with Crippen molar-refractivity contribution in [3.63, 3.8) is 0 Å². The highest BCUT2D eigenvalue weighted by atomic mass is 32.2. The first kappa shape index (κ1) is 22.2. The van der Waals surface area contributed by atoms with Crippen molar-refractivity contribution >= 4 is 27.3 Å². The largest absolute Gasteiger partial charge is 0.493 e. The average molecular weight is 441 g/mol. The van der Waals surface area contributed by atoms with Gasteiger partial charge in [-0.05, 0) is 67.9 Å². The van der Waals surface area contributed by atoms with Gasteiger partial charge in [0.1, 0.15) is 0 Å². The molecule has 0 saturated carbocycles. The van der Waals surface area contributed by atoms with Crippen molar-refractivity contribution in [2.45, 2.75) is 18.7 Å². The third-order valence-corrected chi connectivity index (χ3v) is 5.83. The Bertz CT molecular complexity index is 1160. The van der Waals surface area contributed by atoms with Crippen LogP contribution in [0.2, 0.25) is 0 Å². The van der Waals surface area contributed by atoms with E-state index in [4.69, 9.17) is 9.47 Å². The number of hydrogen-bond acceptors (Lipinski definition) is 5. The lowest BCUT2D eigenvalue weighted by Crippen LogP contribution is -2.20. The second-order valence-electron chi connectivity index (χ2n) is 6.99. The van der Waals surface area contributed by atoms with E-state index in [1.54, 1.807) is 54.6 Å². The van der Waals surface area contributed by atoms with E-state index in [2.05, 4.69) is 10.0 Å². The minimum Gasteiger partial charge on any atom is -0.493 e. The molecule has 0 aliphatic heterocycles. The van der Waals surface area contributed by atoms with Gasteiger partial charge in [-0.25, -0.2) is 8.42 Å². The van der Waals surface area contributed by atoms with Crippen LogP contribution < -0.4 is 19.5 Å². The van der Waals surface area contributed by atoms with E-state index in [1.807, 2.05) is 26.0 Å². The Labute approximate surface area is 182 Å². The molecule has 1 amide bonds. The van der Waals surface area contributed by atoms with E-state index in [-0.39, 0.29) is 17.4 Å². The Balaban J connectivity index is 1.58. The molecule has 3 aromatic carbocycles. The topological polar surface area (TPSA) is 93.7 Å². The summed E-state index contributed by atoms with van der Waals surface area (Å²) < 4.78 is 38.2. The van der Waals surface area contributed by atoms with Gasteiger partial charge in [0.05, 0.1) is 12.0 Å². The molecule has 0 spiro atoms. The molecule has 0 atom stereocenters. The number of aryl methyl sites for hydroxylation is 2. The van der Waals surface area contributed by atoms with Crippen LogP contribution >= 0.6 is 0 Å². The lowest BCUT2D eigenvalue weighted by molar-refractivity contribution is -0.118. The van der Waals surface area contributed by atoms with Crippen molar-refractivity contribution in [3.8, 4) is 11.5 Å². The van der Waals surface area contributed by atoms with Crippen LogP contribution in [0.3, 0.4) is 0 Å². The first-order valence-corrected chi connectivity index (χ1v) is 11.0. The molecule has 2 N–H and O–H groups in total. The van der Waals surface area contributed by atoms with E-state index in [9.17, 15) is 13.2 Å². The normalized spacial score (nSPS) is 10.9. The summed E-state index contributed by atoms with van der Waals surface area (Å²) in [5, 5.41) is 2.71. The van der Waals surface area contributed by atoms with E-state index < -0.39 is 10.0 Å². The van der Waals surface area contributed by atoms with Gasteiger partial charge >= 0.3 is 0 Å². The number of hydrogen-bond donors (Lipinski definition) is 2. The fourth-order valence-electron chi connectivity index (χ4n) is 2.79. The number of anilines is 2. The summed E-state index contributed by atoms with van der Waals surface area (Å²) in [4.78, 5) is 12.4. The predicted octanol–water partition coefficient (Wildman–Crippen LogP) is 4.13. The van der Waals surface area contributed by atoms with Crippen molar-refractivity contribution in [1.82, 2.24) is 0 Å². The number of ether oxygens (including phenoxy) is 2. The zero-order valence-electron chi connectivity index (χ0n) is 17.5. The number of rotatable bonds is 8. The Morgan fingerprint density at radius 3 is 2.10 bits per heavy atom. The Morgan fingerprint density at radius 2 is 1.45 bits per heavy atom. The van der Waals surface area contributed by atoms with E-state index in [0.717, 1.165) is 11.1 Å². The van der Waals surface area contributed by atoms with Gasteiger partial charge in [-0.15, -0.1) is 0 Å². The number of carbonyl (C=O) groups is 1. The molecular weight excluding hydrogens is 416 g/mol. The number of benzene rings is 3. The van der Waals surface area contributed by atoms with Crippen LogP contribution in [0, 0.1) is 13.8 Å². The summed E-state index contributed by atoms with van der Waals surface area (Å²) in [7, 11) is -2.15. The smallest absolute Gasteiger partial charge is 0.262 e. The molecule has 0 heterocycles. The highest BCUT2D eigenvalue weighted by molar-refractivity contribution is 7.92. The minimum absolute atomic E-state index is 0.180. The molecule has 0 unspecified atom stereocenters. The highest BCUT2D eigenvalue weighted by Crippen LogP contribution is 2.27. The maximum absolute atomic E-state index is 12.5. The summed E-state index contributed by atoms with van der Waals surface area (Å²) in [6.07, 6.45) is 0. The lowest BCUT2D eigenvalue weighted by atomic mass is 10.2. The maximum atomic E-state index is 12.5. The summed E-state index contributed by atoms with van der Waals surface area (Å²) >= 11 is 0. The first-order valence-electron chi connectivity index (χ1n) is 9.54. The molecule has 0 aliphatic carbocycles. The van der Waals surface area contributed by atoms with Gasteiger partial charge in [-0.3, -0.25) is 9.52 Å². The summed E-state index contributed by atoms with van der Waals surface area (Å²) in [6, 6.07) is 18.4. The molecule has 0 bridgehead atoms. The number of carbonyl (C=O) groups excluding carboxylic acids is 1. The molecule has 0 radical (unpaired) electrons. The minimum atomic E-state index is -3.68. The lowest BCUT2D eigenvalue weighted by Gasteiger charge is -2.12. The number of methoxy groups -OCH3 is 1. The van der Waals surface area contributed by atoms with Gasteiger partial charge in [-0.1, -0.05) is 23.8 Å². The summed E-state index contributed by atoms with van der Waals surface area (Å²) in [5.41, 5.74) is 2.90. The standard InChI is InChI=1S/C23H24N2O5S/c1-16-4-11-20(12-5-16)31(27,28)25-19-9-7-18(8-10-19)24-23(26)15-30-21-13-6-17(2)14-22(21)29-3/h4-14,25H,15H2,1-3H3,(H,24,26). The predicted molar refractivity (Wildman–Crippen MR) is 120 cm³/mol. The number of nitrogens with one attached hydrogen (secondary N) is 2. The second kappa shape index (κ2) is 9.53. The molecule has 7 nitrogen and oxygen atoms in total. The van der Waals surface area contributed by atoms with E-state index >= 15 is 0 Å². The van der Waals surface area contributed by atoms with Gasteiger partial charge in [0.2, 0.25) is 0 Å². The Kier molecular flexibility index (Phi) is 6.81. The molecule has 31 heavy (non-hydrogen) atoms. The van der Waals surface area contributed by atoms with Crippen molar-refractivity contribution in [2.75, 3.05) is 23.8 Å². The zero-order valence-corrected chi connectivity index (χ0v) is 18.3. The Hall–Kier alpha value is -3.52. The number of sulfonamides is 1. The zero-order chi connectivity index (χ0) is 22.4. The summed E-state index contributed by atoms with van der Waals surface area (Å²) in [6.45, 7) is 3.63. The third kappa shape index (κ3) is 5.99. The van der Waals surface area contributed by atoms with Gasteiger partial charge < -0.3 is 14.8 Å². The van der Waals surface area contributed by atoms with Crippen LogP contribution in [0.4, 0.5) is 11.4 Å². The molecule has 3 rings (SSSR count). The van der Waals surface area contributed by atoms with Crippen molar-refractivity contribution in [3.05, 3.63) is 77.9 Å². The van der Waals surface area contributed by atoms with Crippen LogP contribution in [-0.4, -0.2) is 28.0 Å². The van der Waals surface area contributed by atoms with Crippen LogP contribution in [0.15, 0.2) is 71.6 Å². The van der Waals surface area contributed by atoms with Crippen LogP contribution in [0.1, 0.15) is 11.1 Å². The molecule has 0 aromatic heterocycles. The fraction of sp³-hybridized carbons (Fsp3) is 0.174. The van der Waals surface area contributed by atoms with Gasteiger partial charge in [-0.2, -0.15) is 0 Å². The third-order valence-electron chi connectivity index (χ3n) is 4.43. The first-order chi connectivity index (χ1) is 14.8. The molecule has 3 aromatic rings. The molecular formula is C23H24N2O5S. The molecule has 0 aliphatic rings. The monoisotopic (exact) mass is 440 g/mol. The Morgan fingerprint density at radius 1 is 0.839 bits per heavy atom. The number of amides is 1. The van der Waals surface area contributed by atoms with E-state index in [1.165, 1.54) is 7.11 Å². The molecule has 162 valence electrons. The van der Waals surface area contributed by atoms with Gasteiger partial charge in [0, 0.05) is 11.4 Å². The van der Waals surface area contributed by atoms with Crippen molar-refractivity contribution in [2.24, 2.45) is 0 Å². The van der Waals surface area contributed by atoms with Crippen LogP contribution in [-0.2, 0) is 14.8 Å². The highest BCUT2D eigenvalue weighted by Gasteiger charge is 2.14. The quantitative estimate of drug-likeness (QED) is 0.549. The molecule has 8 heteroatoms. The maximum Gasteiger partial charge on any atom is 0.262 e. The second-order valence-corrected chi connectivity index (χ2v) is 8.67. The van der Waals surface area contributed by atoms with Crippen molar-refractivity contribution < 1.29 is 22.7 Å². The average Bonchev–Trinajstić information content (AvgIpc) is 2.74. The van der Waals surface area contributed by atoms with Crippen molar-refractivity contribution in [1.29, 1.82) is 0 Å². The molecule has 0 fully saturated rings. The van der Waals surface area contributed by atoms with Gasteiger partial charge in [0.15, 0.2) is 18.1 Å².